The first kappa shape index (κ1) is 28.4. The van der Waals surface area contributed by atoms with Crippen LogP contribution in [0.3, 0.4) is 0 Å². The summed E-state index contributed by atoms with van der Waals surface area (Å²) in [6.45, 7) is 8.26. The fourth-order valence-corrected chi connectivity index (χ4v) is 4.90. The van der Waals surface area contributed by atoms with Crippen LogP contribution in [0.25, 0.3) is 22.8 Å². The zero-order valence-corrected chi connectivity index (χ0v) is 22.8. The Morgan fingerprint density at radius 3 is 2.34 bits per heavy atom. The largest absolute Gasteiger partial charge is 0.416 e. The number of rotatable bonds is 8. The Balaban J connectivity index is 1.31. The summed E-state index contributed by atoms with van der Waals surface area (Å²) in [6.07, 6.45) is -1.32. The van der Waals surface area contributed by atoms with Gasteiger partial charge in [-0.15, -0.1) is 0 Å². The van der Waals surface area contributed by atoms with Crippen LogP contribution in [0, 0.1) is 0 Å². The van der Waals surface area contributed by atoms with E-state index in [0.29, 0.717) is 35.0 Å². The molecule has 3 N–H and O–H groups in total. The van der Waals surface area contributed by atoms with Crippen LogP contribution in [-0.2, 0) is 6.18 Å². The zero-order chi connectivity index (χ0) is 29.1. The lowest BCUT2D eigenvalue weighted by atomic mass is 10.1. The van der Waals surface area contributed by atoms with E-state index in [2.05, 4.69) is 30.1 Å². The number of anilines is 2. The number of amides is 1. The summed E-state index contributed by atoms with van der Waals surface area (Å²) in [6, 6.07) is 12.4. The van der Waals surface area contributed by atoms with Crippen molar-refractivity contribution in [1.29, 1.82) is 0 Å². The van der Waals surface area contributed by atoms with Crippen LogP contribution in [0.15, 0.2) is 61.1 Å². The third-order valence-electron chi connectivity index (χ3n) is 7.15. The third kappa shape index (κ3) is 6.28. The average Bonchev–Trinajstić information content (AvgIpc) is 3.62. The summed E-state index contributed by atoms with van der Waals surface area (Å²) in [5, 5.41) is 12.0. The lowest BCUT2D eigenvalue weighted by molar-refractivity contribution is -0.137. The molecule has 2 aromatic heterocycles. The molecule has 9 nitrogen and oxygen atoms in total. The Morgan fingerprint density at radius 2 is 1.73 bits per heavy atom. The molecule has 0 bridgehead atoms. The summed E-state index contributed by atoms with van der Waals surface area (Å²) in [5.74, 6) is -0.0171. The van der Waals surface area contributed by atoms with Crippen molar-refractivity contribution < 1.29 is 23.1 Å². The van der Waals surface area contributed by atoms with Crippen molar-refractivity contribution in [3.05, 3.63) is 72.3 Å². The van der Waals surface area contributed by atoms with Gasteiger partial charge in [0, 0.05) is 61.9 Å². The minimum Gasteiger partial charge on any atom is -0.395 e. The van der Waals surface area contributed by atoms with E-state index >= 15 is 0 Å². The molecule has 216 valence electrons. The minimum atomic E-state index is -4.43. The monoisotopic (exact) mass is 567 g/mol. The Morgan fingerprint density at radius 1 is 1.05 bits per heavy atom. The molecule has 2 aromatic carbocycles. The SMILES string of the molecule is CC(C)n1cnc(-c2ccc(C(F)(F)F)cc2)c1-c1nc(C(=O)Nc2ccc(N3CCN(CCO)CC3)cc2)c[nH]1. The van der Waals surface area contributed by atoms with Gasteiger partial charge in [0.25, 0.3) is 5.91 Å². The van der Waals surface area contributed by atoms with E-state index in [0.717, 1.165) is 44.0 Å². The van der Waals surface area contributed by atoms with Gasteiger partial charge in [-0.05, 0) is 50.2 Å². The van der Waals surface area contributed by atoms with Crippen LogP contribution in [0.1, 0.15) is 35.9 Å². The van der Waals surface area contributed by atoms with Crippen molar-refractivity contribution in [1.82, 2.24) is 24.4 Å². The number of alkyl halides is 3. The Labute approximate surface area is 235 Å². The van der Waals surface area contributed by atoms with Gasteiger partial charge in [-0.2, -0.15) is 13.2 Å². The zero-order valence-electron chi connectivity index (χ0n) is 22.8. The predicted molar refractivity (Wildman–Crippen MR) is 151 cm³/mol. The first-order valence-electron chi connectivity index (χ1n) is 13.4. The summed E-state index contributed by atoms with van der Waals surface area (Å²) in [7, 11) is 0. The van der Waals surface area contributed by atoms with Gasteiger partial charge >= 0.3 is 6.18 Å². The van der Waals surface area contributed by atoms with Gasteiger partial charge in [0.1, 0.15) is 11.4 Å². The number of nitrogens with zero attached hydrogens (tertiary/aromatic N) is 5. The second-order valence-corrected chi connectivity index (χ2v) is 10.2. The first-order valence-corrected chi connectivity index (χ1v) is 13.4. The number of hydrogen-bond donors (Lipinski definition) is 3. The van der Waals surface area contributed by atoms with E-state index in [1.165, 1.54) is 18.3 Å². The number of β-amino-alcohol motifs (C(OH)–C–C–N with tert-alkyl or cyclic N) is 1. The van der Waals surface area contributed by atoms with Gasteiger partial charge in [-0.1, -0.05) is 12.1 Å². The summed E-state index contributed by atoms with van der Waals surface area (Å²) in [5.41, 5.74) is 2.65. The second-order valence-electron chi connectivity index (χ2n) is 10.2. The molecule has 0 unspecified atom stereocenters. The van der Waals surface area contributed by atoms with Crippen LogP contribution in [-0.4, -0.2) is 74.8 Å². The number of carbonyl (C=O) groups excluding carboxylic acids is 1. The van der Waals surface area contributed by atoms with Crippen molar-refractivity contribution in [3.63, 3.8) is 0 Å². The number of aliphatic hydroxyl groups excluding tert-OH is 1. The number of piperazine rings is 1. The topological polar surface area (TPSA) is 102 Å². The molecule has 12 heteroatoms. The molecule has 0 atom stereocenters. The number of H-pyrrole nitrogens is 1. The standard InChI is InChI=1S/C29H32F3N7O2/c1-19(2)39-18-34-25(20-3-5-21(6-4-20)29(30,31)32)26(39)27-33-17-24(36-27)28(41)35-22-7-9-23(10-8-22)38-13-11-37(12-14-38)15-16-40/h3-10,17-19,40H,11-16H2,1-2H3,(H,33,36)(H,35,41). The number of halogens is 3. The molecule has 1 aliphatic rings. The number of aromatic nitrogens is 4. The van der Waals surface area contributed by atoms with Crippen LogP contribution in [0.4, 0.5) is 24.5 Å². The van der Waals surface area contributed by atoms with Crippen LogP contribution < -0.4 is 10.2 Å². The molecule has 0 saturated carbocycles. The second kappa shape index (κ2) is 11.8. The number of imidazole rings is 2. The number of aliphatic hydroxyl groups is 1. The molecule has 1 amide bonds. The fourth-order valence-electron chi connectivity index (χ4n) is 4.90. The van der Waals surface area contributed by atoms with Gasteiger partial charge in [-0.25, -0.2) is 9.97 Å². The molecule has 3 heterocycles. The summed E-state index contributed by atoms with van der Waals surface area (Å²) in [4.78, 5) is 29.5. The highest BCUT2D eigenvalue weighted by molar-refractivity contribution is 6.03. The number of benzene rings is 2. The van der Waals surface area contributed by atoms with E-state index in [-0.39, 0.29) is 18.3 Å². The molecule has 0 radical (unpaired) electrons. The summed E-state index contributed by atoms with van der Waals surface area (Å²) >= 11 is 0. The average molecular weight is 568 g/mol. The summed E-state index contributed by atoms with van der Waals surface area (Å²) < 4.78 is 41.1. The molecule has 1 aliphatic heterocycles. The lowest BCUT2D eigenvalue weighted by Crippen LogP contribution is -2.47. The van der Waals surface area contributed by atoms with Crippen molar-refractivity contribution in [3.8, 4) is 22.8 Å². The fraction of sp³-hybridized carbons (Fsp3) is 0.345. The Bertz CT molecular complexity index is 1470. The number of aromatic amines is 1. The van der Waals surface area contributed by atoms with E-state index in [1.54, 1.807) is 6.33 Å². The molecule has 1 fully saturated rings. The molecule has 4 aromatic rings. The normalized spacial score (nSPS) is 14.6. The smallest absolute Gasteiger partial charge is 0.395 e. The Kier molecular flexibility index (Phi) is 8.13. The van der Waals surface area contributed by atoms with Gasteiger partial charge in [0.2, 0.25) is 0 Å². The molecular formula is C29H32F3N7O2. The Hall–Kier alpha value is -4.16. The van der Waals surface area contributed by atoms with Gasteiger partial charge < -0.3 is 24.9 Å². The van der Waals surface area contributed by atoms with Crippen molar-refractivity contribution in [2.24, 2.45) is 0 Å². The van der Waals surface area contributed by atoms with Crippen LogP contribution >= 0.6 is 0 Å². The van der Waals surface area contributed by atoms with Crippen molar-refractivity contribution in [2.45, 2.75) is 26.1 Å². The minimum absolute atomic E-state index is 0.0146. The van der Waals surface area contributed by atoms with E-state index in [1.807, 2.05) is 42.7 Å². The number of nitrogens with one attached hydrogen (secondary N) is 2. The maximum absolute atomic E-state index is 13.1. The van der Waals surface area contributed by atoms with Crippen LogP contribution in [0.5, 0.6) is 0 Å². The van der Waals surface area contributed by atoms with Gasteiger partial charge in [0.05, 0.1) is 24.2 Å². The highest BCUT2D eigenvalue weighted by atomic mass is 19.4. The van der Waals surface area contributed by atoms with E-state index < -0.39 is 17.6 Å². The number of hydrogen-bond acceptors (Lipinski definition) is 6. The number of carbonyl (C=O) groups is 1. The molecule has 41 heavy (non-hydrogen) atoms. The molecule has 1 saturated heterocycles. The van der Waals surface area contributed by atoms with Gasteiger partial charge in [-0.3, -0.25) is 9.69 Å². The predicted octanol–water partition coefficient (Wildman–Crippen LogP) is 4.91. The quantitative estimate of drug-likeness (QED) is 0.280. The maximum Gasteiger partial charge on any atom is 0.416 e. The lowest BCUT2D eigenvalue weighted by Gasteiger charge is -2.35. The van der Waals surface area contributed by atoms with Gasteiger partial charge in [0.15, 0.2) is 5.82 Å². The molecule has 0 spiro atoms. The van der Waals surface area contributed by atoms with Crippen LogP contribution in [0.2, 0.25) is 0 Å². The highest BCUT2D eigenvalue weighted by Crippen LogP contribution is 2.35. The van der Waals surface area contributed by atoms with E-state index in [4.69, 9.17) is 5.11 Å². The van der Waals surface area contributed by atoms with Crippen molar-refractivity contribution >= 4 is 17.3 Å². The maximum atomic E-state index is 13.1. The third-order valence-corrected chi connectivity index (χ3v) is 7.15. The first-order chi connectivity index (χ1) is 19.6. The van der Waals surface area contributed by atoms with E-state index in [9.17, 15) is 18.0 Å². The highest BCUT2D eigenvalue weighted by Gasteiger charge is 2.30. The van der Waals surface area contributed by atoms with Crippen molar-refractivity contribution in [2.75, 3.05) is 49.5 Å². The molecule has 0 aliphatic carbocycles. The molecule has 5 rings (SSSR count). The molecular weight excluding hydrogens is 535 g/mol.